The molecule has 1 aromatic carbocycles. The first-order valence-electron chi connectivity index (χ1n) is 3.76. The molecule has 0 radical (unpaired) electrons. The van der Waals surface area contributed by atoms with E-state index in [1.807, 2.05) is 0 Å². The molecule has 13 heavy (non-hydrogen) atoms. The second-order valence-electron chi connectivity index (χ2n) is 2.92. The number of fused-ring (bicyclic) bond motifs is 1. The fourth-order valence-corrected chi connectivity index (χ4v) is 1.34. The van der Waals surface area contributed by atoms with Crippen molar-refractivity contribution in [3.05, 3.63) is 17.8 Å². The van der Waals surface area contributed by atoms with Gasteiger partial charge in [-0.3, -0.25) is 0 Å². The minimum absolute atomic E-state index is 0.0262. The third-order valence-electron chi connectivity index (χ3n) is 2.06. The number of aryl methyl sites for hydroxylation is 1. The van der Waals surface area contributed by atoms with Crippen molar-refractivity contribution in [2.24, 2.45) is 0 Å². The van der Waals surface area contributed by atoms with Crippen LogP contribution in [-0.2, 0) is 0 Å². The third-order valence-corrected chi connectivity index (χ3v) is 2.06. The quantitative estimate of drug-likeness (QED) is 0.318. The summed E-state index contributed by atoms with van der Waals surface area (Å²) in [5.41, 5.74) is 7.25. The van der Waals surface area contributed by atoms with Crippen molar-refractivity contribution in [3.63, 3.8) is 0 Å². The molecule has 0 aliphatic heterocycles. The second-order valence-corrected chi connectivity index (χ2v) is 2.92. The average molecular weight is 179 g/mol. The molecule has 4 N–H and O–H groups in total. The Morgan fingerprint density at radius 1 is 1.54 bits per heavy atom. The lowest BCUT2D eigenvalue weighted by molar-refractivity contribution is 0.160. The van der Waals surface area contributed by atoms with E-state index in [9.17, 15) is 10.3 Å². The van der Waals surface area contributed by atoms with Gasteiger partial charge in [-0.25, -0.2) is 0 Å². The van der Waals surface area contributed by atoms with E-state index in [-0.39, 0.29) is 11.3 Å². The fraction of sp³-hybridized carbons (Fsp3) is 0.125. The lowest BCUT2D eigenvalue weighted by Crippen LogP contribution is -1.94. The lowest BCUT2D eigenvalue weighted by atomic mass is 10.1. The molecule has 0 spiro atoms. The van der Waals surface area contributed by atoms with Crippen LogP contribution in [0.5, 0.6) is 5.75 Å². The molecule has 0 fully saturated rings. The first kappa shape index (κ1) is 7.72. The maximum absolute atomic E-state index is 9.47. The van der Waals surface area contributed by atoms with Crippen LogP contribution in [0.2, 0.25) is 0 Å². The number of nitrogens with two attached hydrogens (primary N) is 1. The molecule has 0 saturated carbocycles. The summed E-state index contributed by atoms with van der Waals surface area (Å²) in [6.45, 7) is 1.78. The van der Waals surface area contributed by atoms with E-state index >= 15 is 0 Å². The van der Waals surface area contributed by atoms with Crippen LogP contribution in [0.1, 0.15) is 5.56 Å². The summed E-state index contributed by atoms with van der Waals surface area (Å²) >= 11 is 0. The van der Waals surface area contributed by atoms with Crippen LogP contribution in [0.3, 0.4) is 0 Å². The summed E-state index contributed by atoms with van der Waals surface area (Å²) in [6.07, 6.45) is 1.41. The molecule has 1 heterocycles. The van der Waals surface area contributed by atoms with Gasteiger partial charge in [-0.2, -0.15) is 0 Å². The van der Waals surface area contributed by atoms with Crippen molar-refractivity contribution in [2.45, 2.75) is 6.92 Å². The summed E-state index contributed by atoms with van der Waals surface area (Å²) in [5, 5.41) is 22.8. The molecule has 0 bridgehead atoms. The van der Waals surface area contributed by atoms with Gasteiger partial charge in [0.05, 0.1) is 11.6 Å². The molecule has 1 aromatic heterocycles. The van der Waals surface area contributed by atoms with E-state index in [1.165, 1.54) is 12.3 Å². The Morgan fingerprint density at radius 3 is 2.92 bits per heavy atom. The van der Waals surface area contributed by atoms with Crippen molar-refractivity contribution in [3.8, 4) is 5.75 Å². The van der Waals surface area contributed by atoms with Crippen LogP contribution >= 0.6 is 0 Å². The number of nitrogen functional groups attached to an aromatic ring is 1. The molecule has 0 aliphatic carbocycles. The van der Waals surface area contributed by atoms with Crippen LogP contribution in [0, 0.1) is 6.92 Å². The highest BCUT2D eigenvalue weighted by molar-refractivity contribution is 5.95. The molecule has 2 aromatic rings. The van der Waals surface area contributed by atoms with Crippen LogP contribution in [0.15, 0.2) is 12.3 Å². The van der Waals surface area contributed by atoms with E-state index in [0.717, 1.165) is 5.56 Å². The minimum atomic E-state index is -0.0262. The second kappa shape index (κ2) is 2.29. The van der Waals surface area contributed by atoms with E-state index in [4.69, 9.17) is 5.73 Å². The number of anilines is 1. The molecule has 68 valence electrons. The molecule has 0 aliphatic rings. The predicted octanol–water partition coefficient (Wildman–Crippen LogP) is 0.870. The largest absolute Gasteiger partial charge is 0.506 e. The number of hydrogen-bond acceptors (Lipinski definition) is 4. The molecule has 0 amide bonds. The first-order chi connectivity index (χ1) is 6.11. The van der Waals surface area contributed by atoms with Crippen molar-refractivity contribution < 1.29 is 10.3 Å². The van der Waals surface area contributed by atoms with E-state index < -0.39 is 0 Å². The zero-order valence-electron chi connectivity index (χ0n) is 7.02. The van der Waals surface area contributed by atoms with E-state index in [2.05, 4.69) is 5.10 Å². The standard InChI is InChI=1S/C8H9N3O2/c1-4-2-6(12)8-5(7(4)9)3-10-11(8)13/h2-3,12-13H,9H2,1H3. The Bertz CT molecular complexity index is 476. The van der Waals surface area contributed by atoms with Gasteiger partial charge in [0, 0.05) is 5.69 Å². The highest BCUT2D eigenvalue weighted by Crippen LogP contribution is 2.31. The monoisotopic (exact) mass is 179 g/mol. The lowest BCUT2D eigenvalue weighted by Gasteiger charge is -2.03. The molecule has 5 heteroatoms. The number of nitrogens with zero attached hydrogens (tertiary/aromatic N) is 2. The van der Waals surface area contributed by atoms with Gasteiger partial charge < -0.3 is 16.0 Å². The summed E-state index contributed by atoms with van der Waals surface area (Å²) in [6, 6.07) is 1.49. The van der Waals surface area contributed by atoms with Crippen molar-refractivity contribution in [1.29, 1.82) is 0 Å². The Kier molecular flexibility index (Phi) is 1.36. The highest BCUT2D eigenvalue weighted by atomic mass is 16.5. The Morgan fingerprint density at radius 2 is 2.23 bits per heavy atom. The molecular weight excluding hydrogens is 170 g/mol. The summed E-state index contributed by atoms with van der Waals surface area (Å²) in [7, 11) is 0. The average Bonchev–Trinajstić information content (AvgIpc) is 2.44. The van der Waals surface area contributed by atoms with Crippen LogP contribution < -0.4 is 5.73 Å². The van der Waals surface area contributed by atoms with Crippen molar-refractivity contribution >= 4 is 16.6 Å². The summed E-state index contributed by atoms with van der Waals surface area (Å²) < 4.78 is 0. The molecule has 0 atom stereocenters. The molecule has 0 saturated heterocycles. The van der Waals surface area contributed by atoms with Gasteiger partial charge in [0.2, 0.25) is 0 Å². The Labute approximate surface area is 74.0 Å². The molecule has 2 rings (SSSR count). The maximum atomic E-state index is 9.47. The number of benzene rings is 1. The van der Waals surface area contributed by atoms with E-state index in [0.29, 0.717) is 15.9 Å². The number of phenols is 1. The van der Waals surface area contributed by atoms with Gasteiger partial charge in [0.15, 0.2) is 5.52 Å². The summed E-state index contributed by atoms with van der Waals surface area (Å²) in [4.78, 5) is 0.612. The topological polar surface area (TPSA) is 84.3 Å². The molecular formula is C8H9N3O2. The smallest absolute Gasteiger partial charge is 0.153 e. The zero-order valence-corrected chi connectivity index (χ0v) is 7.02. The van der Waals surface area contributed by atoms with Crippen LogP contribution in [0.25, 0.3) is 10.9 Å². The number of aromatic nitrogens is 2. The number of phenolic OH excluding ortho intramolecular Hbond substituents is 1. The van der Waals surface area contributed by atoms with E-state index in [1.54, 1.807) is 6.92 Å². The van der Waals surface area contributed by atoms with Crippen LogP contribution in [-0.4, -0.2) is 20.3 Å². The van der Waals surface area contributed by atoms with Gasteiger partial charge in [0.25, 0.3) is 0 Å². The van der Waals surface area contributed by atoms with Gasteiger partial charge in [-0.15, -0.1) is 5.10 Å². The third kappa shape index (κ3) is 0.900. The predicted molar refractivity (Wildman–Crippen MR) is 47.7 cm³/mol. The van der Waals surface area contributed by atoms with Crippen molar-refractivity contribution in [1.82, 2.24) is 9.94 Å². The summed E-state index contributed by atoms with van der Waals surface area (Å²) in [5.74, 6) is -0.0262. The highest BCUT2D eigenvalue weighted by Gasteiger charge is 2.11. The van der Waals surface area contributed by atoms with Gasteiger partial charge in [-0.1, -0.05) is 4.85 Å². The van der Waals surface area contributed by atoms with Gasteiger partial charge in [0.1, 0.15) is 5.75 Å². The minimum Gasteiger partial charge on any atom is -0.506 e. The van der Waals surface area contributed by atoms with Crippen molar-refractivity contribution in [2.75, 3.05) is 5.73 Å². The Balaban J connectivity index is 2.99. The first-order valence-corrected chi connectivity index (χ1v) is 3.76. The van der Waals surface area contributed by atoms with Crippen LogP contribution in [0.4, 0.5) is 5.69 Å². The number of hydrogen-bond donors (Lipinski definition) is 3. The van der Waals surface area contributed by atoms with Gasteiger partial charge in [-0.05, 0) is 18.6 Å². The molecule has 5 nitrogen and oxygen atoms in total. The number of aromatic hydroxyl groups is 1. The zero-order chi connectivity index (χ0) is 9.59. The SMILES string of the molecule is Cc1cc(O)c2c(cnn2O)c1N. The fourth-order valence-electron chi connectivity index (χ4n) is 1.34. The maximum Gasteiger partial charge on any atom is 0.153 e. The van der Waals surface area contributed by atoms with Gasteiger partial charge >= 0.3 is 0 Å². The normalized spacial score (nSPS) is 10.8. The molecule has 0 unspecified atom stereocenters. The number of rotatable bonds is 0. The Hall–Kier alpha value is -1.91.